The maximum absolute atomic E-state index is 5.97. The first-order chi connectivity index (χ1) is 7.65. The van der Waals surface area contributed by atoms with Crippen LogP contribution in [0.3, 0.4) is 0 Å². The Morgan fingerprint density at radius 3 is 2.81 bits per heavy atom. The second-order valence-corrected chi connectivity index (χ2v) is 5.46. The highest BCUT2D eigenvalue weighted by molar-refractivity contribution is 6.30. The molecule has 3 heteroatoms. The van der Waals surface area contributed by atoms with Crippen LogP contribution in [-0.4, -0.2) is 22.5 Å². The van der Waals surface area contributed by atoms with Crippen LogP contribution < -0.4 is 0 Å². The number of rotatable bonds is 5. The Morgan fingerprint density at radius 1 is 1.50 bits per heavy atom. The summed E-state index contributed by atoms with van der Waals surface area (Å²) in [6.45, 7) is 6.61. The molecule has 1 saturated carbocycles. The minimum absolute atomic E-state index is 0.708. The Morgan fingerprint density at radius 2 is 2.25 bits per heavy atom. The number of hydrogen-bond acceptors (Lipinski definition) is 2. The third kappa shape index (κ3) is 3.46. The predicted molar refractivity (Wildman–Crippen MR) is 67.5 cm³/mol. The van der Waals surface area contributed by atoms with Crippen molar-refractivity contribution < 1.29 is 0 Å². The summed E-state index contributed by atoms with van der Waals surface area (Å²) in [4.78, 5) is 6.90. The lowest BCUT2D eigenvalue weighted by molar-refractivity contribution is 0.223. The Bertz CT molecular complexity index is 348. The quantitative estimate of drug-likeness (QED) is 0.782. The molecular weight excluding hydrogens is 220 g/mol. The molecule has 2 rings (SSSR count). The SMILES string of the molecule is CC(C)CN(Cc1cc(Cl)ccn1)C1CC1. The average molecular weight is 239 g/mol. The van der Waals surface area contributed by atoms with E-state index in [2.05, 4.69) is 23.7 Å². The van der Waals surface area contributed by atoms with E-state index in [1.807, 2.05) is 12.1 Å². The third-order valence-corrected chi connectivity index (χ3v) is 3.04. The van der Waals surface area contributed by atoms with Crippen LogP contribution in [0.25, 0.3) is 0 Å². The smallest absolute Gasteiger partial charge is 0.0558 e. The van der Waals surface area contributed by atoms with Crippen LogP contribution in [-0.2, 0) is 6.54 Å². The van der Waals surface area contributed by atoms with Crippen LogP contribution >= 0.6 is 11.6 Å². The van der Waals surface area contributed by atoms with E-state index in [0.717, 1.165) is 29.8 Å². The zero-order valence-electron chi connectivity index (χ0n) is 9.99. The lowest BCUT2D eigenvalue weighted by atomic mass is 10.2. The molecule has 2 nitrogen and oxygen atoms in total. The normalized spacial score (nSPS) is 16.1. The molecule has 0 spiro atoms. The molecule has 1 aliphatic rings. The summed E-state index contributed by atoms with van der Waals surface area (Å²) in [5, 5.41) is 0.783. The Balaban J connectivity index is 1.99. The Labute approximate surface area is 103 Å². The van der Waals surface area contributed by atoms with Gasteiger partial charge in [-0.05, 0) is 30.9 Å². The van der Waals surface area contributed by atoms with Crippen molar-refractivity contribution in [1.29, 1.82) is 0 Å². The van der Waals surface area contributed by atoms with E-state index in [0.29, 0.717) is 5.92 Å². The van der Waals surface area contributed by atoms with Crippen LogP contribution in [0.4, 0.5) is 0 Å². The molecule has 0 aromatic carbocycles. The Hall–Kier alpha value is -0.600. The molecule has 88 valence electrons. The van der Waals surface area contributed by atoms with E-state index in [1.165, 1.54) is 12.8 Å². The summed E-state index contributed by atoms with van der Waals surface area (Å²) in [6, 6.07) is 4.58. The molecular formula is C13H19ClN2. The molecule has 1 heterocycles. The molecule has 1 aromatic rings. The molecule has 0 saturated heterocycles. The maximum Gasteiger partial charge on any atom is 0.0558 e. The van der Waals surface area contributed by atoms with Gasteiger partial charge in [-0.2, -0.15) is 0 Å². The summed E-state index contributed by atoms with van der Waals surface area (Å²) in [6.07, 6.45) is 4.47. The second kappa shape index (κ2) is 5.15. The van der Waals surface area contributed by atoms with Crippen LogP contribution in [0, 0.1) is 5.92 Å². The molecule has 0 atom stereocenters. The van der Waals surface area contributed by atoms with Crippen molar-refractivity contribution in [1.82, 2.24) is 9.88 Å². The molecule has 1 aliphatic carbocycles. The first-order valence-corrected chi connectivity index (χ1v) is 6.37. The van der Waals surface area contributed by atoms with Gasteiger partial charge in [-0.15, -0.1) is 0 Å². The van der Waals surface area contributed by atoms with Crippen molar-refractivity contribution in [3.63, 3.8) is 0 Å². The molecule has 1 aromatic heterocycles. The van der Waals surface area contributed by atoms with Gasteiger partial charge >= 0.3 is 0 Å². The van der Waals surface area contributed by atoms with Crippen molar-refractivity contribution in [3.05, 3.63) is 29.0 Å². The maximum atomic E-state index is 5.97. The van der Waals surface area contributed by atoms with E-state index < -0.39 is 0 Å². The van der Waals surface area contributed by atoms with Gasteiger partial charge < -0.3 is 0 Å². The number of hydrogen-bond donors (Lipinski definition) is 0. The third-order valence-electron chi connectivity index (χ3n) is 2.81. The van der Waals surface area contributed by atoms with Gasteiger partial charge in [0.15, 0.2) is 0 Å². The zero-order valence-corrected chi connectivity index (χ0v) is 10.7. The van der Waals surface area contributed by atoms with Gasteiger partial charge in [0.05, 0.1) is 5.69 Å². The molecule has 0 unspecified atom stereocenters. The minimum Gasteiger partial charge on any atom is -0.294 e. The van der Waals surface area contributed by atoms with Crippen LogP contribution in [0.2, 0.25) is 5.02 Å². The molecule has 0 aliphatic heterocycles. The summed E-state index contributed by atoms with van der Waals surface area (Å²) < 4.78 is 0. The fraction of sp³-hybridized carbons (Fsp3) is 0.615. The second-order valence-electron chi connectivity index (χ2n) is 5.02. The summed E-state index contributed by atoms with van der Waals surface area (Å²) >= 11 is 5.97. The van der Waals surface area contributed by atoms with Gasteiger partial charge in [-0.3, -0.25) is 9.88 Å². The van der Waals surface area contributed by atoms with Gasteiger partial charge in [-0.25, -0.2) is 0 Å². The van der Waals surface area contributed by atoms with Gasteiger partial charge in [-0.1, -0.05) is 25.4 Å². The summed E-state index contributed by atoms with van der Waals surface area (Å²) in [5.41, 5.74) is 1.08. The van der Waals surface area contributed by atoms with E-state index in [-0.39, 0.29) is 0 Å². The van der Waals surface area contributed by atoms with Crippen molar-refractivity contribution in [2.45, 2.75) is 39.3 Å². The molecule has 16 heavy (non-hydrogen) atoms. The zero-order chi connectivity index (χ0) is 11.5. The first-order valence-electron chi connectivity index (χ1n) is 5.99. The van der Waals surface area contributed by atoms with E-state index in [9.17, 15) is 0 Å². The fourth-order valence-electron chi connectivity index (χ4n) is 1.99. The van der Waals surface area contributed by atoms with Gasteiger partial charge in [0.25, 0.3) is 0 Å². The predicted octanol–water partition coefficient (Wildman–Crippen LogP) is 3.36. The number of pyridine rings is 1. The molecule has 1 fully saturated rings. The number of aromatic nitrogens is 1. The summed E-state index contributed by atoms with van der Waals surface area (Å²) in [5.74, 6) is 0.708. The monoisotopic (exact) mass is 238 g/mol. The number of halogens is 1. The molecule has 0 radical (unpaired) electrons. The average Bonchev–Trinajstić information content (AvgIpc) is 2.99. The van der Waals surface area contributed by atoms with Crippen molar-refractivity contribution in [2.75, 3.05) is 6.54 Å². The van der Waals surface area contributed by atoms with Crippen molar-refractivity contribution in [2.24, 2.45) is 5.92 Å². The molecule has 0 amide bonds. The Kier molecular flexibility index (Phi) is 3.82. The highest BCUT2D eigenvalue weighted by atomic mass is 35.5. The van der Waals surface area contributed by atoms with E-state index in [1.54, 1.807) is 6.20 Å². The molecule has 0 bridgehead atoms. The van der Waals surface area contributed by atoms with Gasteiger partial charge in [0.2, 0.25) is 0 Å². The first kappa shape index (κ1) is 11.9. The lowest BCUT2D eigenvalue weighted by Gasteiger charge is -2.23. The summed E-state index contributed by atoms with van der Waals surface area (Å²) in [7, 11) is 0. The topological polar surface area (TPSA) is 16.1 Å². The van der Waals surface area contributed by atoms with E-state index in [4.69, 9.17) is 11.6 Å². The van der Waals surface area contributed by atoms with Crippen LogP contribution in [0.15, 0.2) is 18.3 Å². The van der Waals surface area contributed by atoms with Crippen LogP contribution in [0.5, 0.6) is 0 Å². The highest BCUT2D eigenvalue weighted by Gasteiger charge is 2.29. The van der Waals surface area contributed by atoms with Crippen LogP contribution in [0.1, 0.15) is 32.4 Å². The van der Waals surface area contributed by atoms with Crippen molar-refractivity contribution >= 4 is 11.6 Å². The highest BCUT2D eigenvalue weighted by Crippen LogP contribution is 2.28. The van der Waals surface area contributed by atoms with Crippen molar-refractivity contribution in [3.8, 4) is 0 Å². The van der Waals surface area contributed by atoms with E-state index >= 15 is 0 Å². The largest absolute Gasteiger partial charge is 0.294 e. The van der Waals surface area contributed by atoms with Gasteiger partial charge in [0.1, 0.15) is 0 Å². The fourth-order valence-corrected chi connectivity index (χ4v) is 2.18. The standard InChI is InChI=1S/C13H19ClN2/c1-10(2)8-16(13-3-4-13)9-12-7-11(14)5-6-15-12/h5-7,10,13H,3-4,8-9H2,1-2H3. The number of nitrogens with zero attached hydrogens (tertiary/aromatic N) is 2. The van der Waals surface area contributed by atoms with Gasteiger partial charge in [0, 0.05) is 30.4 Å². The lowest BCUT2D eigenvalue weighted by Crippen LogP contribution is -2.29. The molecule has 0 N–H and O–H groups in total. The minimum atomic E-state index is 0.708.